The molecule has 1 N–H and O–H groups in total. The number of fused-ring (bicyclic) bond motifs is 1. The van der Waals surface area contributed by atoms with Crippen LogP contribution in [0.4, 0.5) is 0 Å². The third-order valence-electron chi connectivity index (χ3n) is 4.38. The Bertz CT molecular complexity index is 479. The summed E-state index contributed by atoms with van der Waals surface area (Å²) < 4.78 is 0. The predicted molar refractivity (Wildman–Crippen MR) is 68.7 cm³/mol. The Morgan fingerprint density at radius 2 is 2.44 bits per heavy atom. The van der Waals surface area contributed by atoms with E-state index in [4.69, 9.17) is 5.26 Å². The van der Waals surface area contributed by atoms with Crippen LogP contribution in [0.25, 0.3) is 0 Å². The average Bonchev–Trinajstić information content (AvgIpc) is 2.95. The number of nitriles is 1. The molecule has 2 aliphatic rings. The molecule has 3 atom stereocenters. The predicted octanol–water partition coefficient (Wildman–Crippen LogP) is 0.993. The summed E-state index contributed by atoms with van der Waals surface area (Å²) in [5, 5.41) is 12.3. The summed E-state index contributed by atoms with van der Waals surface area (Å²) in [4.78, 5) is 6.55. The van der Waals surface area contributed by atoms with Crippen LogP contribution >= 0.6 is 0 Å². The van der Waals surface area contributed by atoms with Crippen molar-refractivity contribution in [3.05, 3.63) is 29.6 Å². The summed E-state index contributed by atoms with van der Waals surface area (Å²) in [6.45, 7) is 6.74. The number of hydrogen-bond acceptors (Lipinski definition) is 4. The van der Waals surface area contributed by atoms with Gasteiger partial charge in [0.15, 0.2) is 0 Å². The van der Waals surface area contributed by atoms with E-state index in [1.807, 2.05) is 12.1 Å². The maximum Gasteiger partial charge on any atom is 0.140 e. The zero-order chi connectivity index (χ0) is 12.5. The van der Waals surface area contributed by atoms with Crippen molar-refractivity contribution < 1.29 is 0 Å². The molecule has 0 aliphatic carbocycles. The molecule has 4 heteroatoms. The van der Waals surface area contributed by atoms with Crippen LogP contribution in [0.2, 0.25) is 0 Å². The summed E-state index contributed by atoms with van der Waals surface area (Å²) in [7, 11) is 0. The monoisotopic (exact) mass is 242 g/mol. The first-order valence-electron chi connectivity index (χ1n) is 6.57. The standard InChI is InChI=1S/C14H18N4/c1-10-14-7-16-6-12(14)9-18(10)8-11-2-3-17-13(4-11)5-15/h2-4,10,12,14,16H,6-9H2,1H3. The van der Waals surface area contributed by atoms with E-state index >= 15 is 0 Å². The Hall–Kier alpha value is -1.44. The van der Waals surface area contributed by atoms with Crippen molar-refractivity contribution >= 4 is 0 Å². The molecule has 94 valence electrons. The van der Waals surface area contributed by atoms with Crippen LogP contribution in [0.3, 0.4) is 0 Å². The van der Waals surface area contributed by atoms with Crippen LogP contribution in [0.15, 0.2) is 18.3 Å². The molecule has 2 aliphatic heterocycles. The molecule has 4 nitrogen and oxygen atoms in total. The number of nitrogens with one attached hydrogen (secondary N) is 1. The molecule has 0 radical (unpaired) electrons. The second-order valence-electron chi connectivity index (χ2n) is 5.41. The largest absolute Gasteiger partial charge is 0.316 e. The van der Waals surface area contributed by atoms with Crippen LogP contribution in [0, 0.1) is 23.2 Å². The second-order valence-corrected chi connectivity index (χ2v) is 5.41. The van der Waals surface area contributed by atoms with Crippen LogP contribution in [0.1, 0.15) is 18.2 Å². The lowest BCUT2D eigenvalue weighted by atomic mass is 9.95. The first-order valence-corrected chi connectivity index (χ1v) is 6.57. The van der Waals surface area contributed by atoms with Crippen molar-refractivity contribution in [2.24, 2.45) is 11.8 Å². The molecule has 3 unspecified atom stereocenters. The van der Waals surface area contributed by atoms with Gasteiger partial charge in [-0.25, -0.2) is 4.98 Å². The first kappa shape index (κ1) is 11.6. The molecule has 0 bridgehead atoms. The Morgan fingerprint density at radius 3 is 3.22 bits per heavy atom. The molecule has 3 rings (SSSR count). The SMILES string of the molecule is CC1C2CNCC2CN1Cc1ccnc(C#N)c1. The molecule has 0 saturated carbocycles. The van der Waals surface area contributed by atoms with Gasteiger partial charge in [-0.1, -0.05) is 0 Å². The van der Waals surface area contributed by atoms with Gasteiger partial charge in [0.05, 0.1) is 0 Å². The molecule has 3 heterocycles. The topological polar surface area (TPSA) is 52.0 Å². The van der Waals surface area contributed by atoms with Crippen LogP contribution in [-0.4, -0.2) is 35.6 Å². The minimum atomic E-state index is 0.515. The Kier molecular flexibility index (Phi) is 3.02. The van der Waals surface area contributed by atoms with Gasteiger partial charge in [-0.15, -0.1) is 0 Å². The molecule has 1 aromatic heterocycles. The van der Waals surface area contributed by atoms with Gasteiger partial charge in [-0.3, -0.25) is 4.90 Å². The lowest BCUT2D eigenvalue weighted by Gasteiger charge is -2.24. The van der Waals surface area contributed by atoms with Crippen LogP contribution in [-0.2, 0) is 6.54 Å². The summed E-state index contributed by atoms with van der Waals surface area (Å²) in [5.41, 5.74) is 1.71. The van der Waals surface area contributed by atoms with Crippen molar-refractivity contribution in [3.63, 3.8) is 0 Å². The number of likely N-dealkylation sites (tertiary alicyclic amines) is 1. The molecular weight excluding hydrogens is 224 g/mol. The van der Waals surface area contributed by atoms with Crippen molar-refractivity contribution in [1.82, 2.24) is 15.2 Å². The number of hydrogen-bond donors (Lipinski definition) is 1. The van der Waals surface area contributed by atoms with E-state index in [0.29, 0.717) is 11.7 Å². The van der Waals surface area contributed by atoms with Gasteiger partial charge in [-0.05, 0) is 49.5 Å². The third-order valence-corrected chi connectivity index (χ3v) is 4.38. The van der Waals surface area contributed by atoms with Crippen molar-refractivity contribution in [3.8, 4) is 6.07 Å². The quantitative estimate of drug-likeness (QED) is 0.840. The Morgan fingerprint density at radius 1 is 1.56 bits per heavy atom. The fraction of sp³-hybridized carbons (Fsp3) is 0.571. The molecule has 0 amide bonds. The van der Waals surface area contributed by atoms with Crippen molar-refractivity contribution in [2.45, 2.75) is 19.5 Å². The van der Waals surface area contributed by atoms with E-state index in [1.165, 1.54) is 12.1 Å². The summed E-state index contributed by atoms with van der Waals surface area (Å²) in [5.74, 6) is 1.60. The Labute approximate surface area is 108 Å². The van der Waals surface area contributed by atoms with Crippen molar-refractivity contribution in [2.75, 3.05) is 19.6 Å². The second kappa shape index (κ2) is 4.68. The highest BCUT2D eigenvalue weighted by atomic mass is 15.2. The summed E-state index contributed by atoms with van der Waals surface area (Å²) >= 11 is 0. The summed E-state index contributed by atoms with van der Waals surface area (Å²) in [6, 6.07) is 6.65. The minimum Gasteiger partial charge on any atom is -0.316 e. The minimum absolute atomic E-state index is 0.515. The van der Waals surface area contributed by atoms with Gasteiger partial charge in [0.1, 0.15) is 11.8 Å². The zero-order valence-corrected chi connectivity index (χ0v) is 10.6. The lowest BCUT2D eigenvalue weighted by molar-refractivity contribution is 0.231. The van der Waals surface area contributed by atoms with E-state index in [2.05, 4.69) is 28.2 Å². The molecule has 2 saturated heterocycles. The number of nitrogens with zero attached hydrogens (tertiary/aromatic N) is 3. The van der Waals surface area contributed by atoms with Gasteiger partial charge in [-0.2, -0.15) is 5.26 Å². The molecule has 0 spiro atoms. The van der Waals surface area contributed by atoms with E-state index in [-0.39, 0.29) is 0 Å². The maximum absolute atomic E-state index is 8.87. The number of aromatic nitrogens is 1. The highest BCUT2D eigenvalue weighted by Gasteiger charge is 2.41. The smallest absolute Gasteiger partial charge is 0.140 e. The van der Waals surface area contributed by atoms with Gasteiger partial charge in [0.25, 0.3) is 0 Å². The first-order chi connectivity index (χ1) is 8.78. The molecule has 1 aromatic rings. The molecule has 0 aromatic carbocycles. The van der Waals surface area contributed by atoms with E-state index in [9.17, 15) is 0 Å². The zero-order valence-electron chi connectivity index (χ0n) is 10.6. The van der Waals surface area contributed by atoms with Crippen LogP contribution in [0.5, 0.6) is 0 Å². The number of pyridine rings is 1. The van der Waals surface area contributed by atoms with Crippen molar-refractivity contribution in [1.29, 1.82) is 5.26 Å². The lowest BCUT2D eigenvalue weighted by Crippen LogP contribution is -2.32. The van der Waals surface area contributed by atoms with Gasteiger partial charge in [0.2, 0.25) is 0 Å². The fourth-order valence-corrected chi connectivity index (χ4v) is 3.33. The van der Waals surface area contributed by atoms with Gasteiger partial charge < -0.3 is 5.32 Å². The molecule has 2 fully saturated rings. The van der Waals surface area contributed by atoms with Gasteiger partial charge in [0, 0.05) is 25.3 Å². The Balaban J connectivity index is 1.72. The van der Waals surface area contributed by atoms with E-state index < -0.39 is 0 Å². The van der Waals surface area contributed by atoms with Crippen LogP contribution < -0.4 is 5.32 Å². The highest BCUT2D eigenvalue weighted by molar-refractivity contribution is 5.25. The third kappa shape index (κ3) is 2.00. The number of rotatable bonds is 2. The maximum atomic E-state index is 8.87. The van der Waals surface area contributed by atoms with E-state index in [0.717, 1.165) is 31.5 Å². The van der Waals surface area contributed by atoms with Gasteiger partial charge >= 0.3 is 0 Å². The summed E-state index contributed by atoms with van der Waals surface area (Å²) in [6.07, 6.45) is 1.73. The molecule has 18 heavy (non-hydrogen) atoms. The van der Waals surface area contributed by atoms with E-state index in [1.54, 1.807) is 6.20 Å². The fourth-order valence-electron chi connectivity index (χ4n) is 3.33. The normalized spacial score (nSPS) is 31.2. The average molecular weight is 242 g/mol. The highest BCUT2D eigenvalue weighted by Crippen LogP contribution is 2.33. The molecular formula is C14H18N4.